The van der Waals surface area contributed by atoms with Gasteiger partial charge in [-0.05, 0) is 38.0 Å². The molecule has 0 bridgehead atoms. The molecular formula is C15H21NO2S. The maximum atomic E-state index is 12.2. The molecule has 0 spiro atoms. The van der Waals surface area contributed by atoms with E-state index in [1.807, 2.05) is 37.3 Å². The van der Waals surface area contributed by atoms with Gasteiger partial charge >= 0.3 is 0 Å². The molecular weight excluding hydrogens is 258 g/mol. The van der Waals surface area contributed by atoms with Gasteiger partial charge in [-0.1, -0.05) is 30.3 Å². The number of hydrogen-bond acceptors (Lipinski definition) is 3. The highest BCUT2D eigenvalue weighted by atomic mass is 32.2. The van der Waals surface area contributed by atoms with Crippen LogP contribution >= 0.6 is 11.8 Å². The Hall–Kier alpha value is -1.00. The lowest BCUT2D eigenvalue weighted by Crippen LogP contribution is -2.46. The minimum atomic E-state index is -1.03. The van der Waals surface area contributed by atoms with Crippen molar-refractivity contribution in [2.24, 2.45) is 0 Å². The lowest BCUT2D eigenvalue weighted by molar-refractivity contribution is -0.124. The number of carbonyl (C=O) groups excluding carboxylic acids is 1. The Labute approximate surface area is 118 Å². The molecule has 1 saturated heterocycles. The number of carbonyl (C=O) groups is 1. The molecule has 1 aliphatic rings. The third kappa shape index (κ3) is 3.31. The summed E-state index contributed by atoms with van der Waals surface area (Å²) in [5.74, 6) is 1.07. The largest absolute Gasteiger partial charge is 0.384 e. The van der Waals surface area contributed by atoms with E-state index >= 15 is 0 Å². The van der Waals surface area contributed by atoms with Gasteiger partial charge in [0.05, 0.1) is 11.3 Å². The van der Waals surface area contributed by atoms with Crippen LogP contribution in [0.2, 0.25) is 0 Å². The van der Waals surface area contributed by atoms with Gasteiger partial charge in [-0.3, -0.25) is 4.79 Å². The third-order valence-electron chi connectivity index (χ3n) is 3.69. The van der Waals surface area contributed by atoms with Gasteiger partial charge in [0.25, 0.3) is 0 Å². The molecule has 1 aromatic rings. The first kappa shape index (κ1) is 14.4. The van der Waals surface area contributed by atoms with Gasteiger partial charge in [-0.15, -0.1) is 11.8 Å². The van der Waals surface area contributed by atoms with E-state index in [9.17, 15) is 9.90 Å². The van der Waals surface area contributed by atoms with E-state index in [1.165, 1.54) is 0 Å². The molecule has 0 aromatic heterocycles. The van der Waals surface area contributed by atoms with Gasteiger partial charge < -0.3 is 10.4 Å². The van der Waals surface area contributed by atoms with Crippen molar-refractivity contribution in [3.05, 3.63) is 35.9 Å². The van der Waals surface area contributed by atoms with E-state index in [2.05, 4.69) is 5.32 Å². The van der Waals surface area contributed by atoms with Crippen molar-refractivity contribution in [1.29, 1.82) is 0 Å². The SMILES string of the molecule is CC1(C(=O)NCC(C)(O)c2ccccc2)CCCS1. The molecule has 1 amide bonds. The summed E-state index contributed by atoms with van der Waals surface area (Å²) in [6.07, 6.45) is 2.00. The van der Waals surface area contributed by atoms with Crippen molar-refractivity contribution in [2.75, 3.05) is 12.3 Å². The van der Waals surface area contributed by atoms with Crippen molar-refractivity contribution in [2.45, 2.75) is 37.0 Å². The molecule has 2 unspecified atom stereocenters. The summed E-state index contributed by atoms with van der Waals surface area (Å²) < 4.78 is -0.327. The second-order valence-electron chi connectivity index (χ2n) is 5.51. The fourth-order valence-electron chi connectivity index (χ4n) is 2.30. The Balaban J connectivity index is 1.96. The van der Waals surface area contributed by atoms with Crippen LogP contribution in [0.15, 0.2) is 30.3 Å². The maximum Gasteiger partial charge on any atom is 0.236 e. The normalized spacial score (nSPS) is 25.8. The van der Waals surface area contributed by atoms with E-state index in [0.717, 1.165) is 24.2 Å². The van der Waals surface area contributed by atoms with Crippen LogP contribution in [0, 0.1) is 0 Å². The topological polar surface area (TPSA) is 49.3 Å². The number of rotatable bonds is 4. The first-order valence-electron chi connectivity index (χ1n) is 6.64. The Kier molecular flexibility index (Phi) is 4.21. The van der Waals surface area contributed by atoms with Crippen molar-refractivity contribution < 1.29 is 9.90 Å². The van der Waals surface area contributed by atoms with E-state index in [1.54, 1.807) is 18.7 Å². The molecule has 104 valence electrons. The van der Waals surface area contributed by atoms with Crippen LogP contribution in [0.1, 0.15) is 32.3 Å². The predicted octanol–water partition coefficient (Wildman–Crippen LogP) is 2.30. The van der Waals surface area contributed by atoms with Crippen molar-refractivity contribution >= 4 is 17.7 Å². The fraction of sp³-hybridized carbons (Fsp3) is 0.533. The summed E-state index contributed by atoms with van der Waals surface area (Å²) in [7, 11) is 0. The van der Waals surface area contributed by atoms with Crippen molar-refractivity contribution in [3.8, 4) is 0 Å². The highest BCUT2D eigenvalue weighted by molar-refractivity contribution is 8.01. The van der Waals surface area contributed by atoms with Crippen molar-refractivity contribution in [3.63, 3.8) is 0 Å². The zero-order valence-corrected chi connectivity index (χ0v) is 12.3. The number of nitrogens with one attached hydrogen (secondary N) is 1. The second-order valence-corrected chi connectivity index (χ2v) is 7.10. The highest BCUT2D eigenvalue weighted by Gasteiger charge is 2.38. The van der Waals surface area contributed by atoms with Crippen LogP contribution < -0.4 is 5.32 Å². The van der Waals surface area contributed by atoms with Gasteiger partial charge in [0, 0.05) is 0 Å². The first-order valence-corrected chi connectivity index (χ1v) is 7.63. The van der Waals surface area contributed by atoms with Gasteiger partial charge in [-0.2, -0.15) is 0 Å². The number of benzene rings is 1. The lowest BCUT2D eigenvalue weighted by atomic mass is 9.95. The average molecular weight is 279 g/mol. The molecule has 1 aliphatic heterocycles. The van der Waals surface area contributed by atoms with Gasteiger partial charge in [0.1, 0.15) is 5.60 Å². The molecule has 2 N–H and O–H groups in total. The summed E-state index contributed by atoms with van der Waals surface area (Å²) in [4.78, 5) is 12.2. The second kappa shape index (κ2) is 5.55. The van der Waals surface area contributed by atoms with E-state index < -0.39 is 5.60 Å². The Bertz CT molecular complexity index is 439. The first-order chi connectivity index (χ1) is 8.94. The standard InChI is InChI=1S/C15H21NO2S/c1-14(18,12-7-4-3-5-8-12)11-16-13(17)15(2)9-6-10-19-15/h3-5,7-8,18H,6,9-11H2,1-2H3,(H,16,17). The van der Waals surface area contributed by atoms with Crippen LogP contribution in [0.25, 0.3) is 0 Å². The Morgan fingerprint density at radius 2 is 2.16 bits per heavy atom. The summed E-state index contributed by atoms with van der Waals surface area (Å²) in [6, 6.07) is 9.43. The molecule has 3 nitrogen and oxygen atoms in total. The monoisotopic (exact) mass is 279 g/mol. The molecule has 1 heterocycles. The van der Waals surface area contributed by atoms with Gasteiger partial charge in [-0.25, -0.2) is 0 Å². The van der Waals surface area contributed by atoms with Crippen LogP contribution in [0.3, 0.4) is 0 Å². The summed E-state index contributed by atoms with van der Waals surface area (Å²) >= 11 is 1.71. The summed E-state index contributed by atoms with van der Waals surface area (Å²) in [5.41, 5.74) is -0.212. The highest BCUT2D eigenvalue weighted by Crippen LogP contribution is 2.37. The smallest absolute Gasteiger partial charge is 0.236 e. The molecule has 2 rings (SSSR count). The molecule has 4 heteroatoms. The number of aliphatic hydroxyl groups is 1. The van der Waals surface area contributed by atoms with E-state index in [-0.39, 0.29) is 17.2 Å². The molecule has 0 aliphatic carbocycles. The average Bonchev–Trinajstić information content (AvgIpc) is 2.85. The van der Waals surface area contributed by atoms with Crippen LogP contribution in [0.4, 0.5) is 0 Å². The summed E-state index contributed by atoms with van der Waals surface area (Å²) in [5, 5.41) is 13.3. The molecule has 19 heavy (non-hydrogen) atoms. The maximum absolute atomic E-state index is 12.2. The number of thioether (sulfide) groups is 1. The predicted molar refractivity (Wildman–Crippen MR) is 79.1 cm³/mol. The Morgan fingerprint density at radius 3 is 2.74 bits per heavy atom. The zero-order valence-electron chi connectivity index (χ0n) is 11.5. The van der Waals surface area contributed by atoms with E-state index in [0.29, 0.717) is 0 Å². The zero-order chi connectivity index (χ0) is 13.9. The van der Waals surface area contributed by atoms with Crippen LogP contribution in [-0.2, 0) is 10.4 Å². The minimum Gasteiger partial charge on any atom is -0.384 e. The van der Waals surface area contributed by atoms with E-state index in [4.69, 9.17) is 0 Å². The molecule has 0 saturated carbocycles. The molecule has 1 fully saturated rings. The molecule has 1 aromatic carbocycles. The third-order valence-corrected chi connectivity index (χ3v) is 5.21. The number of hydrogen-bond donors (Lipinski definition) is 2. The lowest BCUT2D eigenvalue weighted by Gasteiger charge is -2.27. The quantitative estimate of drug-likeness (QED) is 0.889. The van der Waals surface area contributed by atoms with Crippen LogP contribution in [-0.4, -0.2) is 28.1 Å². The fourth-order valence-corrected chi connectivity index (χ4v) is 3.53. The Morgan fingerprint density at radius 1 is 1.47 bits per heavy atom. The number of amides is 1. The van der Waals surface area contributed by atoms with Crippen molar-refractivity contribution in [1.82, 2.24) is 5.32 Å². The van der Waals surface area contributed by atoms with Gasteiger partial charge in [0.15, 0.2) is 0 Å². The van der Waals surface area contributed by atoms with Gasteiger partial charge in [0.2, 0.25) is 5.91 Å². The van der Waals surface area contributed by atoms with Crippen LogP contribution in [0.5, 0.6) is 0 Å². The minimum absolute atomic E-state index is 0.0335. The summed E-state index contributed by atoms with van der Waals surface area (Å²) in [6.45, 7) is 3.95. The molecule has 0 radical (unpaired) electrons. The molecule has 2 atom stereocenters.